The first kappa shape index (κ1) is 11.4. The molecule has 0 saturated heterocycles. The minimum Gasteiger partial charge on any atom is -0.396 e. The molecule has 72 valence electrons. The summed E-state index contributed by atoms with van der Waals surface area (Å²) < 4.78 is 0. The van der Waals surface area contributed by atoms with Gasteiger partial charge in [-0.25, -0.2) is 0 Å². The van der Waals surface area contributed by atoms with Crippen LogP contribution in [0.1, 0.15) is 39.5 Å². The molecular weight excluding hydrogens is 154 g/mol. The fourth-order valence-electron chi connectivity index (χ4n) is 1.55. The first-order valence-corrected chi connectivity index (χ1v) is 4.49. The van der Waals surface area contributed by atoms with Crippen LogP contribution in [0.3, 0.4) is 0 Å². The third-order valence-corrected chi connectivity index (χ3v) is 2.69. The second-order valence-corrected chi connectivity index (χ2v) is 3.32. The third kappa shape index (κ3) is 3.22. The minimum absolute atomic E-state index is 0.0689. The van der Waals surface area contributed by atoms with Crippen molar-refractivity contribution >= 4 is 5.91 Å². The van der Waals surface area contributed by atoms with Gasteiger partial charge in [0.15, 0.2) is 0 Å². The van der Waals surface area contributed by atoms with Crippen LogP contribution in [0.2, 0.25) is 0 Å². The lowest BCUT2D eigenvalue weighted by atomic mass is 9.76. The molecule has 0 rings (SSSR count). The summed E-state index contributed by atoms with van der Waals surface area (Å²) in [5.74, 6) is -0.271. The van der Waals surface area contributed by atoms with Crippen molar-refractivity contribution in [1.29, 1.82) is 0 Å². The van der Waals surface area contributed by atoms with Gasteiger partial charge in [-0.1, -0.05) is 13.8 Å². The number of carbonyl (C=O) groups excluding carboxylic acids is 1. The number of hydrogen-bond donors (Lipinski definition) is 2. The minimum atomic E-state index is -0.271. The van der Waals surface area contributed by atoms with Gasteiger partial charge in [-0.05, 0) is 24.7 Å². The van der Waals surface area contributed by atoms with E-state index in [0.717, 1.165) is 12.8 Å². The van der Waals surface area contributed by atoms with Gasteiger partial charge < -0.3 is 10.8 Å². The molecule has 0 bridgehead atoms. The Morgan fingerprint density at radius 2 is 1.92 bits per heavy atom. The van der Waals surface area contributed by atoms with Gasteiger partial charge >= 0.3 is 0 Å². The van der Waals surface area contributed by atoms with Gasteiger partial charge in [0.2, 0.25) is 5.91 Å². The van der Waals surface area contributed by atoms with E-state index in [9.17, 15) is 4.79 Å². The van der Waals surface area contributed by atoms with E-state index in [4.69, 9.17) is 10.8 Å². The summed E-state index contributed by atoms with van der Waals surface area (Å²) in [6.07, 6.45) is 2.85. The Hall–Kier alpha value is -0.570. The molecule has 12 heavy (non-hydrogen) atoms. The molecule has 0 unspecified atom stereocenters. The molecule has 0 aliphatic heterocycles. The van der Waals surface area contributed by atoms with Gasteiger partial charge in [-0.15, -0.1) is 0 Å². The molecule has 0 aliphatic rings. The highest BCUT2D eigenvalue weighted by Gasteiger charge is 2.27. The number of amides is 1. The molecule has 0 aromatic heterocycles. The topological polar surface area (TPSA) is 63.3 Å². The Kier molecular flexibility index (Phi) is 4.90. The van der Waals surface area contributed by atoms with Gasteiger partial charge in [0, 0.05) is 13.0 Å². The zero-order chi connectivity index (χ0) is 9.61. The normalized spacial score (nSPS) is 11.6. The number of carbonyl (C=O) groups is 1. The van der Waals surface area contributed by atoms with Crippen LogP contribution < -0.4 is 5.73 Å². The smallest absolute Gasteiger partial charge is 0.217 e. The number of aliphatic hydroxyl groups excluding tert-OH is 1. The number of aliphatic hydroxyl groups is 1. The third-order valence-electron chi connectivity index (χ3n) is 2.69. The average Bonchev–Trinajstić information content (AvgIpc) is 2.03. The van der Waals surface area contributed by atoms with E-state index >= 15 is 0 Å². The maximum absolute atomic E-state index is 10.7. The number of primary amides is 1. The van der Waals surface area contributed by atoms with E-state index in [0.29, 0.717) is 12.8 Å². The molecule has 3 nitrogen and oxygen atoms in total. The fraction of sp³-hybridized carbons (Fsp3) is 0.889. The van der Waals surface area contributed by atoms with Crippen molar-refractivity contribution in [3.05, 3.63) is 0 Å². The summed E-state index contributed by atoms with van der Waals surface area (Å²) in [4.78, 5) is 10.7. The fourth-order valence-corrected chi connectivity index (χ4v) is 1.55. The van der Waals surface area contributed by atoms with Gasteiger partial charge in [-0.2, -0.15) is 0 Å². The highest BCUT2D eigenvalue weighted by Crippen LogP contribution is 2.33. The lowest BCUT2D eigenvalue weighted by Gasteiger charge is -2.29. The zero-order valence-electron chi connectivity index (χ0n) is 7.97. The van der Waals surface area contributed by atoms with Crippen molar-refractivity contribution < 1.29 is 9.90 Å². The predicted molar refractivity (Wildman–Crippen MR) is 48.5 cm³/mol. The molecular formula is C9H19NO2. The van der Waals surface area contributed by atoms with Crippen LogP contribution in [0, 0.1) is 5.41 Å². The molecule has 0 spiro atoms. The van der Waals surface area contributed by atoms with E-state index in [1.165, 1.54) is 0 Å². The van der Waals surface area contributed by atoms with Crippen LogP contribution in [-0.4, -0.2) is 17.6 Å². The Morgan fingerprint density at radius 3 is 2.17 bits per heavy atom. The molecule has 0 aliphatic carbocycles. The zero-order valence-corrected chi connectivity index (χ0v) is 7.97. The van der Waals surface area contributed by atoms with E-state index in [1.807, 2.05) is 13.8 Å². The van der Waals surface area contributed by atoms with E-state index < -0.39 is 0 Å². The first-order chi connectivity index (χ1) is 5.60. The summed E-state index contributed by atoms with van der Waals surface area (Å²) in [6, 6.07) is 0. The first-order valence-electron chi connectivity index (χ1n) is 4.49. The molecule has 3 heteroatoms. The molecule has 3 N–H and O–H groups in total. The van der Waals surface area contributed by atoms with Crippen molar-refractivity contribution in [2.45, 2.75) is 39.5 Å². The summed E-state index contributed by atoms with van der Waals surface area (Å²) in [5.41, 5.74) is 5.07. The Balaban J connectivity index is 4.23. The molecule has 0 radical (unpaired) electrons. The average molecular weight is 173 g/mol. The lowest BCUT2D eigenvalue weighted by molar-refractivity contribution is -0.120. The molecule has 0 fully saturated rings. The van der Waals surface area contributed by atoms with E-state index in [1.54, 1.807) is 0 Å². The van der Waals surface area contributed by atoms with Crippen molar-refractivity contribution in [1.82, 2.24) is 0 Å². The lowest BCUT2D eigenvalue weighted by Crippen LogP contribution is -2.28. The Bertz CT molecular complexity index is 141. The van der Waals surface area contributed by atoms with Gasteiger partial charge in [-0.3, -0.25) is 4.79 Å². The maximum Gasteiger partial charge on any atom is 0.217 e. The highest BCUT2D eigenvalue weighted by molar-refractivity contribution is 5.74. The molecule has 0 heterocycles. The van der Waals surface area contributed by atoms with Crippen LogP contribution in [-0.2, 0) is 4.79 Å². The molecule has 0 saturated carbocycles. The van der Waals surface area contributed by atoms with Crippen molar-refractivity contribution in [2.75, 3.05) is 6.61 Å². The molecule has 0 atom stereocenters. The SMILES string of the molecule is CCC(CC)(CCO)CC(N)=O. The summed E-state index contributed by atoms with van der Waals surface area (Å²) >= 11 is 0. The van der Waals surface area contributed by atoms with Crippen LogP contribution in [0.25, 0.3) is 0 Å². The predicted octanol–water partition coefficient (Wildman–Crippen LogP) is 1.05. The van der Waals surface area contributed by atoms with Crippen LogP contribution in [0.15, 0.2) is 0 Å². The van der Waals surface area contributed by atoms with Crippen LogP contribution >= 0.6 is 0 Å². The van der Waals surface area contributed by atoms with Crippen LogP contribution in [0.5, 0.6) is 0 Å². The highest BCUT2D eigenvalue weighted by atomic mass is 16.3. The molecule has 1 amide bonds. The second kappa shape index (κ2) is 5.14. The maximum atomic E-state index is 10.7. The number of hydrogen-bond acceptors (Lipinski definition) is 2. The van der Waals surface area contributed by atoms with Gasteiger partial charge in [0.25, 0.3) is 0 Å². The quantitative estimate of drug-likeness (QED) is 0.630. The van der Waals surface area contributed by atoms with Gasteiger partial charge in [0.1, 0.15) is 0 Å². The summed E-state index contributed by atoms with van der Waals surface area (Å²) in [6.45, 7) is 4.19. The van der Waals surface area contributed by atoms with Crippen molar-refractivity contribution in [3.8, 4) is 0 Å². The van der Waals surface area contributed by atoms with Crippen LogP contribution in [0.4, 0.5) is 0 Å². The Morgan fingerprint density at radius 1 is 1.42 bits per heavy atom. The van der Waals surface area contributed by atoms with Crippen molar-refractivity contribution in [2.24, 2.45) is 11.1 Å². The number of nitrogens with two attached hydrogens (primary N) is 1. The molecule has 0 aromatic carbocycles. The number of rotatable bonds is 6. The summed E-state index contributed by atoms with van der Waals surface area (Å²) in [7, 11) is 0. The Labute approximate surface area is 74.0 Å². The van der Waals surface area contributed by atoms with E-state index in [-0.39, 0.29) is 17.9 Å². The summed E-state index contributed by atoms with van der Waals surface area (Å²) in [5, 5.41) is 8.82. The second-order valence-electron chi connectivity index (χ2n) is 3.32. The largest absolute Gasteiger partial charge is 0.396 e. The van der Waals surface area contributed by atoms with Gasteiger partial charge in [0.05, 0.1) is 0 Å². The van der Waals surface area contributed by atoms with Crippen molar-refractivity contribution in [3.63, 3.8) is 0 Å². The standard InChI is InChI=1S/C9H19NO2/c1-3-9(4-2,5-6-11)7-8(10)12/h11H,3-7H2,1-2H3,(H2,10,12). The van der Waals surface area contributed by atoms with E-state index in [2.05, 4.69) is 0 Å². The molecule has 0 aromatic rings. The monoisotopic (exact) mass is 173 g/mol.